The molecule has 96 valence electrons. The first kappa shape index (κ1) is 12.9. The summed E-state index contributed by atoms with van der Waals surface area (Å²) in [6, 6.07) is 2.86. The molecule has 0 aliphatic carbocycles. The largest absolute Gasteiger partial charge is 0.508 e. The fourth-order valence-corrected chi connectivity index (χ4v) is 2.20. The second-order valence-electron chi connectivity index (χ2n) is 4.12. The number of carboxylic acids is 1. The first-order valence-corrected chi connectivity index (χ1v) is 5.43. The van der Waals surface area contributed by atoms with Crippen molar-refractivity contribution in [2.45, 2.75) is 19.1 Å². The number of carboxylic acid groups (broad SMARTS) is 1. The number of carbonyl (C=O) groups is 1. The van der Waals surface area contributed by atoms with Gasteiger partial charge in [0, 0.05) is 7.11 Å². The van der Waals surface area contributed by atoms with Crippen molar-refractivity contribution < 1.29 is 29.4 Å². The zero-order valence-electron chi connectivity index (χ0n) is 9.79. The maximum absolute atomic E-state index is 10.8. The van der Waals surface area contributed by atoms with Gasteiger partial charge in [0.05, 0.1) is 19.1 Å². The van der Waals surface area contributed by atoms with E-state index in [1.807, 2.05) is 0 Å². The third kappa shape index (κ3) is 2.33. The molecule has 1 heterocycles. The number of benzene rings is 1. The smallest absolute Gasteiger partial charge is 0.492 e. The van der Waals surface area contributed by atoms with Gasteiger partial charge in [-0.2, -0.15) is 0 Å². The van der Waals surface area contributed by atoms with Crippen LogP contribution in [0.15, 0.2) is 12.1 Å². The third-order valence-electron chi connectivity index (χ3n) is 2.82. The number of hydrogen-bond donors (Lipinski definition) is 3. The number of phenolic OH excluding ortho intramolecular Hbond substituents is 1. The molecule has 0 radical (unpaired) electrons. The quantitative estimate of drug-likeness (QED) is 0.640. The lowest BCUT2D eigenvalue weighted by Gasteiger charge is -2.14. The van der Waals surface area contributed by atoms with Crippen molar-refractivity contribution in [3.8, 4) is 5.75 Å². The lowest BCUT2D eigenvalue weighted by Crippen LogP contribution is -2.28. The van der Waals surface area contributed by atoms with Crippen molar-refractivity contribution >= 4 is 18.6 Å². The number of fused-ring (bicyclic) bond motifs is 1. The summed E-state index contributed by atoms with van der Waals surface area (Å²) in [7, 11) is 0.279. The van der Waals surface area contributed by atoms with Crippen molar-refractivity contribution in [1.29, 1.82) is 0 Å². The molecule has 7 heteroatoms. The minimum Gasteiger partial charge on any atom is -0.508 e. The van der Waals surface area contributed by atoms with Crippen LogP contribution in [0, 0.1) is 0 Å². The molecule has 18 heavy (non-hydrogen) atoms. The Morgan fingerprint density at radius 1 is 1.56 bits per heavy atom. The summed E-state index contributed by atoms with van der Waals surface area (Å²) in [4.78, 5) is 10.8. The topological polar surface area (TPSA) is 96.2 Å². The van der Waals surface area contributed by atoms with E-state index in [1.165, 1.54) is 19.2 Å². The molecular weight excluding hydrogens is 239 g/mol. The van der Waals surface area contributed by atoms with Gasteiger partial charge in [-0.05, 0) is 28.7 Å². The Bertz CT molecular complexity index is 475. The van der Waals surface area contributed by atoms with Gasteiger partial charge in [-0.3, -0.25) is 4.79 Å². The molecule has 1 unspecified atom stereocenters. The van der Waals surface area contributed by atoms with E-state index >= 15 is 0 Å². The first-order chi connectivity index (χ1) is 8.52. The molecule has 0 spiro atoms. The Kier molecular flexibility index (Phi) is 3.56. The van der Waals surface area contributed by atoms with E-state index in [4.69, 9.17) is 14.5 Å². The van der Waals surface area contributed by atoms with Gasteiger partial charge >= 0.3 is 13.1 Å². The third-order valence-corrected chi connectivity index (χ3v) is 2.82. The van der Waals surface area contributed by atoms with Crippen molar-refractivity contribution in [3.63, 3.8) is 0 Å². The zero-order valence-corrected chi connectivity index (χ0v) is 9.79. The molecule has 0 amide bonds. The molecule has 1 aromatic carbocycles. The summed E-state index contributed by atoms with van der Waals surface area (Å²) < 4.78 is 10.2. The minimum absolute atomic E-state index is 0.0144. The molecule has 1 aliphatic rings. The monoisotopic (exact) mass is 252 g/mol. The molecule has 1 aromatic rings. The number of methoxy groups -OCH3 is 1. The highest BCUT2D eigenvalue weighted by molar-refractivity contribution is 6.62. The van der Waals surface area contributed by atoms with Gasteiger partial charge < -0.3 is 24.6 Å². The van der Waals surface area contributed by atoms with E-state index < -0.39 is 19.2 Å². The van der Waals surface area contributed by atoms with E-state index in [0.29, 0.717) is 16.6 Å². The Morgan fingerprint density at radius 3 is 2.89 bits per heavy atom. The molecule has 1 atom stereocenters. The van der Waals surface area contributed by atoms with E-state index in [2.05, 4.69) is 0 Å². The molecule has 0 saturated heterocycles. The van der Waals surface area contributed by atoms with Gasteiger partial charge in [0.25, 0.3) is 0 Å². The van der Waals surface area contributed by atoms with Crippen LogP contribution in [0.5, 0.6) is 5.75 Å². The first-order valence-electron chi connectivity index (χ1n) is 5.43. The minimum atomic E-state index is -1.22. The van der Waals surface area contributed by atoms with Gasteiger partial charge in [0.15, 0.2) is 0 Å². The molecule has 0 aromatic heterocycles. The lowest BCUT2D eigenvalue weighted by molar-refractivity contribution is -0.138. The van der Waals surface area contributed by atoms with Gasteiger partial charge in [-0.25, -0.2) is 0 Å². The average Bonchev–Trinajstić information content (AvgIpc) is 2.55. The van der Waals surface area contributed by atoms with Crippen LogP contribution in [0.2, 0.25) is 0 Å². The molecule has 2 rings (SSSR count). The predicted octanol–water partition coefficient (Wildman–Crippen LogP) is -0.228. The summed E-state index contributed by atoms with van der Waals surface area (Å²) in [5.74, 6) is -1.03. The number of aliphatic carboxylic acids is 1. The van der Waals surface area contributed by atoms with Crippen LogP contribution in [0.25, 0.3) is 0 Å². The summed E-state index contributed by atoms with van der Waals surface area (Å²) in [5, 5.41) is 28.1. The van der Waals surface area contributed by atoms with Crippen LogP contribution in [-0.2, 0) is 20.8 Å². The highest BCUT2D eigenvalue weighted by Crippen LogP contribution is 2.32. The van der Waals surface area contributed by atoms with E-state index in [1.54, 1.807) is 0 Å². The predicted molar refractivity (Wildman–Crippen MR) is 62.5 cm³/mol. The van der Waals surface area contributed by atoms with Crippen LogP contribution in [-0.4, -0.2) is 35.4 Å². The summed E-state index contributed by atoms with van der Waals surface area (Å²) >= 11 is 0. The fourth-order valence-electron chi connectivity index (χ4n) is 2.20. The molecule has 6 nitrogen and oxygen atoms in total. The van der Waals surface area contributed by atoms with E-state index in [0.717, 1.165) is 0 Å². The maximum atomic E-state index is 10.8. The number of hydrogen-bond acceptors (Lipinski definition) is 5. The fraction of sp³-hybridized carbons (Fsp3) is 0.364. The van der Waals surface area contributed by atoms with Crippen LogP contribution in [0.1, 0.15) is 23.7 Å². The standard InChI is InChI=1S/C11H13BO6/c1-17-5-6-2-7(13)3-8-11(6)9(4-10(14)15)18-12(8)16/h2-3,9,13,16H,4-5H2,1H3,(H,14,15). The van der Waals surface area contributed by atoms with Crippen molar-refractivity contribution in [2.24, 2.45) is 0 Å². The Labute approximate surface area is 104 Å². The number of rotatable bonds is 4. The molecule has 0 bridgehead atoms. The Balaban J connectivity index is 2.45. The maximum Gasteiger partial charge on any atom is 0.492 e. The van der Waals surface area contributed by atoms with Gasteiger partial charge in [0.2, 0.25) is 0 Å². The van der Waals surface area contributed by atoms with Crippen LogP contribution >= 0.6 is 0 Å². The normalized spacial score (nSPS) is 17.9. The average molecular weight is 252 g/mol. The van der Waals surface area contributed by atoms with Crippen LogP contribution in [0.4, 0.5) is 0 Å². The van der Waals surface area contributed by atoms with E-state index in [-0.39, 0.29) is 18.8 Å². The molecule has 0 fully saturated rings. The molecule has 0 saturated carbocycles. The summed E-state index contributed by atoms with van der Waals surface area (Å²) in [5.41, 5.74) is 1.60. The van der Waals surface area contributed by atoms with E-state index in [9.17, 15) is 14.9 Å². The van der Waals surface area contributed by atoms with Crippen molar-refractivity contribution in [3.05, 3.63) is 23.3 Å². The number of ether oxygens (including phenoxy) is 1. The SMILES string of the molecule is COCc1cc(O)cc2c1C(CC(=O)O)OB2O. The zero-order chi connectivity index (χ0) is 13.3. The summed E-state index contributed by atoms with van der Waals surface area (Å²) in [6.45, 7) is 0.211. The Morgan fingerprint density at radius 2 is 2.28 bits per heavy atom. The van der Waals surface area contributed by atoms with Gasteiger partial charge in [-0.15, -0.1) is 0 Å². The van der Waals surface area contributed by atoms with Crippen molar-refractivity contribution in [2.75, 3.05) is 7.11 Å². The van der Waals surface area contributed by atoms with Crippen LogP contribution in [0.3, 0.4) is 0 Å². The van der Waals surface area contributed by atoms with Crippen LogP contribution < -0.4 is 5.46 Å². The molecular formula is C11H13BO6. The van der Waals surface area contributed by atoms with Gasteiger partial charge in [-0.1, -0.05) is 0 Å². The molecule has 1 aliphatic heterocycles. The Hall–Kier alpha value is -1.57. The second-order valence-corrected chi connectivity index (χ2v) is 4.12. The van der Waals surface area contributed by atoms with Crippen molar-refractivity contribution in [1.82, 2.24) is 0 Å². The number of phenols is 1. The highest BCUT2D eigenvalue weighted by Gasteiger charge is 2.38. The highest BCUT2D eigenvalue weighted by atomic mass is 16.5. The number of aromatic hydroxyl groups is 1. The summed E-state index contributed by atoms with van der Waals surface area (Å²) in [6.07, 6.45) is -0.968. The lowest BCUT2D eigenvalue weighted by atomic mass is 9.77. The second kappa shape index (κ2) is 4.97. The van der Waals surface area contributed by atoms with Gasteiger partial charge in [0.1, 0.15) is 5.75 Å². The molecule has 3 N–H and O–H groups in total.